The number of hydrogen-bond donors (Lipinski definition) is 0. The molecule has 0 N–H and O–H groups in total. The molecule has 0 saturated carbocycles. The van der Waals surface area contributed by atoms with Gasteiger partial charge in [0.2, 0.25) is 0 Å². The van der Waals surface area contributed by atoms with Gasteiger partial charge in [0.1, 0.15) is 11.5 Å². The van der Waals surface area contributed by atoms with E-state index in [4.69, 9.17) is 14.0 Å². The van der Waals surface area contributed by atoms with Crippen LogP contribution in [-0.2, 0) is 4.52 Å². The van der Waals surface area contributed by atoms with E-state index in [-0.39, 0.29) is 20.3 Å². The van der Waals surface area contributed by atoms with Gasteiger partial charge in [-0.2, -0.15) is 0 Å². The second-order valence-electron chi connectivity index (χ2n) is 5.70. The minimum Gasteiger partial charge on any atom is -1.00 e. The molecular formula is C19H24LiO4P. The molecule has 0 fully saturated rings. The summed E-state index contributed by atoms with van der Waals surface area (Å²) >= 11 is 0. The van der Waals surface area contributed by atoms with Crippen molar-refractivity contribution in [3.05, 3.63) is 48.0 Å². The summed E-state index contributed by atoms with van der Waals surface area (Å²) in [4.78, 5) is 11.3. The molecule has 0 heterocycles. The van der Waals surface area contributed by atoms with Gasteiger partial charge < -0.3 is 15.4 Å². The van der Waals surface area contributed by atoms with Crippen LogP contribution in [-0.4, -0.2) is 27.1 Å². The quantitative estimate of drug-likeness (QED) is 0.397. The van der Waals surface area contributed by atoms with Crippen molar-refractivity contribution in [1.82, 2.24) is 0 Å². The Morgan fingerprint density at radius 3 is 2.04 bits per heavy atom. The summed E-state index contributed by atoms with van der Waals surface area (Å²) in [5, 5.41) is 2.06. The van der Waals surface area contributed by atoms with Crippen molar-refractivity contribution in [3.8, 4) is 11.5 Å². The molecule has 0 aromatic heterocycles. The molecule has 0 amide bonds. The zero-order chi connectivity index (χ0) is 17.5. The van der Waals surface area contributed by atoms with Gasteiger partial charge in [0.05, 0.1) is 34.5 Å². The van der Waals surface area contributed by atoms with Crippen molar-refractivity contribution in [2.45, 2.75) is 13.8 Å². The maximum Gasteiger partial charge on any atom is 1.00 e. The van der Waals surface area contributed by atoms with Gasteiger partial charge >= 0.3 is 18.9 Å². The van der Waals surface area contributed by atoms with Crippen LogP contribution < -0.4 is 38.9 Å². The molecule has 0 aliphatic rings. The molecule has 1 unspecified atom stereocenters. The number of benzene rings is 2. The third kappa shape index (κ3) is 5.59. The summed E-state index contributed by atoms with van der Waals surface area (Å²) in [7, 11) is 2.07. The molecule has 0 aliphatic heterocycles. The summed E-state index contributed by atoms with van der Waals surface area (Å²) in [6.45, 7) is 4.89. The average molecular weight is 354 g/mol. The van der Waals surface area contributed by atoms with Crippen molar-refractivity contribution in [2.75, 3.05) is 20.8 Å². The number of rotatable bonds is 8. The topological polar surface area (TPSA) is 44.8 Å². The average Bonchev–Trinajstić information content (AvgIpc) is 2.61. The number of hydrogen-bond acceptors (Lipinski definition) is 4. The van der Waals surface area contributed by atoms with Crippen LogP contribution in [0.2, 0.25) is 0 Å². The van der Waals surface area contributed by atoms with Crippen molar-refractivity contribution < 1.29 is 39.1 Å². The zero-order valence-corrected chi connectivity index (χ0v) is 16.4. The Morgan fingerprint density at radius 2 is 1.60 bits per heavy atom. The summed E-state index contributed by atoms with van der Waals surface area (Å²) in [5.74, 6) is 1.42. The van der Waals surface area contributed by atoms with E-state index in [0.717, 1.165) is 16.9 Å². The van der Waals surface area contributed by atoms with Crippen LogP contribution in [0.15, 0.2) is 42.5 Å². The monoisotopic (exact) mass is 354 g/mol. The van der Waals surface area contributed by atoms with Crippen molar-refractivity contribution >= 4 is 25.0 Å². The Labute approximate surface area is 164 Å². The van der Waals surface area contributed by atoms with Crippen LogP contribution in [0, 0.1) is 5.92 Å². The SMILES string of the molecule is COc1cc(P(OCC(C)C)c2ccccc2)cc(OC)c1C=O.[H-].[Li+]. The first kappa shape index (κ1) is 21.7. The van der Waals surface area contributed by atoms with E-state index in [1.807, 2.05) is 30.3 Å². The van der Waals surface area contributed by atoms with Gasteiger partial charge in [-0.1, -0.05) is 44.2 Å². The second kappa shape index (κ2) is 10.6. The number of carbonyl (C=O) groups is 1. The molecule has 0 bridgehead atoms. The smallest absolute Gasteiger partial charge is 1.00 e. The van der Waals surface area contributed by atoms with E-state index in [1.54, 1.807) is 14.2 Å². The van der Waals surface area contributed by atoms with Crippen molar-refractivity contribution in [2.24, 2.45) is 5.92 Å². The van der Waals surface area contributed by atoms with E-state index in [1.165, 1.54) is 0 Å². The fraction of sp³-hybridized carbons (Fsp3) is 0.316. The Bertz CT molecular complexity index is 657. The van der Waals surface area contributed by atoms with Gasteiger partial charge in [-0.25, -0.2) is 0 Å². The molecule has 2 aromatic carbocycles. The van der Waals surface area contributed by atoms with Gasteiger partial charge in [-0.3, -0.25) is 4.79 Å². The maximum atomic E-state index is 11.3. The fourth-order valence-electron chi connectivity index (χ4n) is 2.24. The van der Waals surface area contributed by atoms with Crippen LogP contribution in [0.3, 0.4) is 0 Å². The van der Waals surface area contributed by atoms with Crippen LogP contribution in [0.5, 0.6) is 11.5 Å². The number of ether oxygens (including phenoxy) is 2. The Balaban J connectivity index is 0.00000312. The molecule has 25 heavy (non-hydrogen) atoms. The minimum atomic E-state index is -1.02. The minimum absolute atomic E-state index is 0. The normalized spacial score (nSPS) is 11.6. The van der Waals surface area contributed by atoms with Crippen LogP contribution in [0.1, 0.15) is 25.6 Å². The molecule has 0 aliphatic carbocycles. The molecule has 4 nitrogen and oxygen atoms in total. The molecule has 1 atom stereocenters. The molecule has 6 heteroatoms. The van der Waals surface area contributed by atoms with E-state index in [9.17, 15) is 4.79 Å². The summed E-state index contributed by atoms with van der Waals surface area (Å²) in [5.41, 5.74) is 0.413. The van der Waals surface area contributed by atoms with E-state index in [2.05, 4.69) is 26.0 Å². The van der Waals surface area contributed by atoms with E-state index >= 15 is 0 Å². The molecule has 0 spiro atoms. The first-order valence-electron chi connectivity index (χ1n) is 7.80. The molecule has 0 saturated heterocycles. The molecule has 130 valence electrons. The third-order valence-corrected chi connectivity index (χ3v) is 5.31. The Kier molecular flexibility index (Phi) is 9.25. The van der Waals surface area contributed by atoms with E-state index in [0.29, 0.717) is 29.6 Å². The van der Waals surface area contributed by atoms with Crippen LogP contribution in [0.25, 0.3) is 0 Å². The third-order valence-electron chi connectivity index (χ3n) is 3.41. The number of aldehydes is 1. The molecule has 0 radical (unpaired) electrons. The largest absolute Gasteiger partial charge is 1.00 e. The first-order valence-corrected chi connectivity index (χ1v) is 9.06. The fourth-order valence-corrected chi connectivity index (χ4v) is 4.20. The maximum absolute atomic E-state index is 11.3. The number of carbonyl (C=O) groups excluding carboxylic acids is 1. The van der Waals surface area contributed by atoms with Gasteiger partial charge in [-0.15, -0.1) is 0 Å². The van der Waals surface area contributed by atoms with Gasteiger partial charge in [0.25, 0.3) is 0 Å². The second-order valence-corrected chi connectivity index (χ2v) is 7.58. The number of methoxy groups -OCH3 is 2. The van der Waals surface area contributed by atoms with E-state index < -0.39 is 8.15 Å². The predicted molar refractivity (Wildman–Crippen MR) is 99.5 cm³/mol. The van der Waals surface area contributed by atoms with Gasteiger partial charge in [0, 0.05) is 10.6 Å². The van der Waals surface area contributed by atoms with Crippen LogP contribution >= 0.6 is 8.15 Å². The Hall–Kier alpha value is -1.30. The predicted octanol–water partition coefficient (Wildman–Crippen LogP) is 0.653. The molecular weight excluding hydrogens is 330 g/mol. The molecule has 2 aromatic rings. The molecule has 2 rings (SSSR count). The summed E-state index contributed by atoms with van der Waals surface area (Å²) in [6, 6.07) is 13.8. The standard InChI is InChI=1S/C19H23O4P.Li.H/c1-14(2)13-23-24(15-8-6-5-7-9-15)16-10-18(21-3)17(12-20)19(11-16)22-4;;/h5-12,14H,13H2,1-4H3;;/q;+1;-1. The first-order chi connectivity index (χ1) is 11.6. The van der Waals surface area contributed by atoms with Crippen LogP contribution in [0.4, 0.5) is 0 Å². The van der Waals surface area contributed by atoms with Crippen molar-refractivity contribution in [1.29, 1.82) is 0 Å². The van der Waals surface area contributed by atoms with Gasteiger partial charge in [0.15, 0.2) is 6.29 Å². The Morgan fingerprint density at radius 1 is 1.04 bits per heavy atom. The zero-order valence-electron chi connectivity index (χ0n) is 16.5. The van der Waals surface area contributed by atoms with Gasteiger partial charge in [-0.05, 0) is 18.1 Å². The summed E-state index contributed by atoms with van der Waals surface area (Å²) < 4.78 is 17.0. The van der Waals surface area contributed by atoms with Crippen molar-refractivity contribution in [3.63, 3.8) is 0 Å². The summed E-state index contributed by atoms with van der Waals surface area (Å²) in [6.07, 6.45) is 0.751.